The molecule has 25 heavy (non-hydrogen) atoms. The quantitative estimate of drug-likeness (QED) is 0.891. The monoisotopic (exact) mass is 337 g/mol. The Morgan fingerprint density at radius 1 is 0.960 bits per heavy atom. The van der Waals surface area contributed by atoms with Crippen LogP contribution in [0.25, 0.3) is 0 Å². The molecular weight excluding hydrogens is 314 g/mol. The Kier molecular flexibility index (Phi) is 5.03. The maximum atomic E-state index is 12.8. The molecule has 130 valence electrons. The summed E-state index contributed by atoms with van der Waals surface area (Å²) < 4.78 is 0. The topological polar surface area (TPSA) is 61.4 Å². The summed E-state index contributed by atoms with van der Waals surface area (Å²) in [7, 11) is 0. The number of amides is 3. The van der Waals surface area contributed by atoms with Gasteiger partial charge in [-0.2, -0.15) is 0 Å². The minimum atomic E-state index is -0.442. The molecule has 0 spiro atoms. The van der Waals surface area contributed by atoms with E-state index >= 15 is 0 Å². The number of carbonyl (C=O) groups excluding carboxylic acids is 2. The van der Waals surface area contributed by atoms with Gasteiger partial charge in [0.25, 0.3) is 0 Å². The zero-order valence-corrected chi connectivity index (χ0v) is 14.6. The van der Waals surface area contributed by atoms with Crippen LogP contribution in [0.3, 0.4) is 0 Å². The first-order valence-electron chi connectivity index (χ1n) is 8.56. The highest BCUT2D eigenvalue weighted by atomic mass is 16.2. The molecule has 0 unspecified atom stereocenters. The Morgan fingerprint density at radius 3 is 2.32 bits per heavy atom. The van der Waals surface area contributed by atoms with Crippen LogP contribution in [-0.4, -0.2) is 29.4 Å². The summed E-state index contributed by atoms with van der Waals surface area (Å²) in [6.07, 6.45) is 1.51. The van der Waals surface area contributed by atoms with Gasteiger partial charge in [-0.25, -0.2) is 4.79 Å². The summed E-state index contributed by atoms with van der Waals surface area (Å²) in [6, 6.07) is 14.5. The third-order valence-corrected chi connectivity index (χ3v) is 4.57. The Hall–Kier alpha value is -2.82. The lowest BCUT2D eigenvalue weighted by atomic mass is 10.1. The Labute approximate surface area is 148 Å². The van der Waals surface area contributed by atoms with Crippen LogP contribution in [0, 0.1) is 13.8 Å². The fourth-order valence-corrected chi connectivity index (χ4v) is 3.22. The van der Waals surface area contributed by atoms with Crippen LogP contribution < -0.4 is 10.6 Å². The van der Waals surface area contributed by atoms with Crippen molar-refractivity contribution >= 4 is 23.3 Å². The summed E-state index contributed by atoms with van der Waals surface area (Å²) in [6.45, 7) is 4.53. The van der Waals surface area contributed by atoms with E-state index in [1.807, 2.05) is 62.4 Å². The maximum Gasteiger partial charge on any atom is 0.322 e. The summed E-state index contributed by atoms with van der Waals surface area (Å²) in [5.74, 6) is -0.127. The van der Waals surface area contributed by atoms with Crippen molar-refractivity contribution in [2.45, 2.75) is 32.7 Å². The van der Waals surface area contributed by atoms with E-state index in [1.165, 1.54) is 0 Å². The van der Waals surface area contributed by atoms with E-state index in [1.54, 1.807) is 4.90 Å². The Balaban J connectivity index is 1.70. The highest BCUT2D eigenvalue weighted by Gasteiger charge is 2.34. The van der Waals surface area contributed by atoms with E-state index in [4.69, 9.17) is 0 Å². The van der Waals surface area contributed by atoms with Crippen LogP contribution in [0.2, 0.25) is 0 Å². The van der Waals surface area contributed by atoms with Gasteiger partial charge in [0.15, 0.2) is 0 Å². The molecule has 1 atom stereocenters. The molecule has 1 aliphatic heterocycles. The fraction of sp³-hybridized carbons (Fsp3) is 0.300. The van der Waals surface area contributed by atoms with Crippen LogP contribution in [0.4, 0.5) is 16.2 Å². The predicted molar refractivity (Wildman–Crippen MR) is 99.7 cm³/mol. The van der Waals surface area contributed by atoms with Crippen molar-refractivity contribution in [2.24, 2.45) is 0 Å². The first-order chi connectivity index (χ1) is 12.1. The van der Waals surface area contributed by atoms with Crippen molar-refractivity contribution in [2.75, 3.05) is 17.2 Å². The van der Waals surface area contributed by atoms with Crippen LogP contribution in [0.15, 0.2) is 48.5 Å². The van der Waals surface area contributed by atoms with Gasteiger partial charge in [0.1, 0.15) is 6.04 Å². The Morgan fingerprint density at radius 2 is 1.64 bits per heavy atom. The number of anilines is 2. The third kappa shape index (κ3) is 3.82. The predicted octanol–water partition coefficient (Wildman–Crippen LogP) is 3.94. The third-order valence-electron chi connectivity index (χ3n) is 4.57. The number of benzene rings is 2. The van der Waals surface area contributed by atoms with Crippen molar-refractivity contribution in [1.82, 2.24) is 4.90 Å². The molecule has 0 aliphatic carbocycles. The highest BCUT2D eigenvalue weighted by Crippen LogP contribution is 2.24. The normalized spacial score (nSPS) is 16.6. The van der Waals surface area contributed by atoms with E-state index in [-0.39, 0.29) is 11.9 Å². The molecule has 0 aromatic heterocycles. The number of para-hydroxylation sites is 2. The van der Waals surface area contributed by atoms with E-state index in [0.29, 0.717) is 13.0 Å². The van der Waals surface area contributed by atoms with Crippen LogP contribution in [0.1, 0.15) is 24.0 Å². The number of hydrogen-bond acceptors (Lipinski definition) is 2. The van der Waals surface area contributed by atoms with Crippen molar-refractivity contribution in [1.29, 1.82) is 0 Å². The molecule has 3 rings (SSSR count). The smallest absolute Gasteiger partial charge is 0.322 e. The molecule has 1 fully saturated rings. The molecule has 2 N–H and O–H groups in total. The number of rotatable bonds is 3. The van der Waals surface area contributed by atoms with Gasteiger partial charge in [0.05, 0.1) is 0 Å². The van der Waals surface area contributed by atoms with Gasteiger partial charge in [-0.3, -0.25) is 4.79 Å². The molecule has 1 aliphatic rings. The highest BCUT2D eigenvalue weighted by molar-refractivity contribution is 6.00. The number of hydrogen-bond donors (Lipinski definition) is 2. The molecule has 5 heteroatoms. The number of nitrogens with zero attached hydrogens (tertiary/aromatic N) is 1. The molecule has 1 heterocycles. The number of aryl methyl sites for hydroxylation is 2. The minimum Gasteiger partial charge on any atom is -0.324 e. The van der Waals surface area contributed by atoms with Gasteiger partial charge < -0.3 is 15.5 Å². The van der Waals surface area contributed by atoms with Crippen molar-refractivity contribution < 1.29 is 9.59 Å². The minimum absolute atomic E-state index is 0.127. The van der Waals surface area contributed by atoms with Gasteiger partial charge in [0.2, 0.25) is 5.91 Å². The second kappa shape index (κ2) is 7.38. The van der Waals surface area contributed by atoms with Gasteiger partial charge >= 0.3 is 6.03 Å². The van der Waals surface area contributed by atoms with Crippen LogP contribution >= 0.6 is 0 Å². The second-order valence-corrected chi connectivity index (χ2v) is 6.40. The lowest BCUT2D eigenvalue weighted by Gasteiger charge is -2.25. The zero-order chi connectivity index (χ0) is 17.8. The average Bonchev–Trinajstić information content (AvgIpc) is 3.09. The molecule has 0 saturated carbocycles. The molecule has 1 saturated heterocycles. The van der Waals surface area contributed by atoms with E-state index in [2.05, 4.69) is 10.6 Å². The van der Waals surface area contributed by atoms with Gasteiger partial charge in [0, 0.05) is 17.9 Å². The lowest BCUT2D eigenvalue weighted by Crippen LogP contribution is -2.45. The second-order valence-electron chi connectivity index (χ2n) is 6.40. The number of urea groups is 1. The summed E-state index contributed by atoms with van der Waals surface area (Å²) in [5.41, 5.74) is 3.61. The molecule has 2 aromatic rings. The fourth-order valence-electron chi connectivity index (χ4n) is 3.22. The molecule has 0 radical (unpaired) electrons. The van der Waals surface area contributed by atoms with Gasteiger partial charge in [-0.05, 0) is 49.9 Å². The summed E-state index contributed by atoms with van der Waals surface area (Å²) >= 11 is 0. The maximum absolute atomic E-state index is 12.8. The molecule has 3 amide bonds. The van der Waals surface area contributed by atoms with E-state index in [0.717, 1.165) is 28.9 Å². The molecule has 0 bridgehead atoms. The molecule has 2 aromatic carbocycles. The Bertz CT molecular complexity index is 754. The number of likely N-dealkylation sites (tertiary alicyclic amines) is 1. The number of nitrogens with one attached hydrogen (secondary N) is 2. The summed E-state index contributed by atoms with van der Waals surface area (Å²) in [4.78, 5) is 26.9. The number of carbonyl (C=O) groups is 2. The van der Waals surface area contributed by atoms with Crippen LogP contribution in [0.5, 0.6) is 0 Å². The summed E-state index contributed by atoms with van der Waals surface area (Å²) in [5, 5.41) is 5.87. The van der Waals surface area contributed by atoms with E-state index < -0.39 is 6.04 Å². The first-order valence-corrected chi connectivity index (χ1v) is 8.56. The molecular formula is C20H23N3O2. The lowest BCUT2D eigenvalue weighted by molar-refractivity contribution is -0.119. The van der Waals surface area contributed by atoms with Crippen molar-refractivity contribution in [3.05, 3.63) is 59.7 Å². The average molecular weight is 337 g/mol. The van der Waals surface area contributed by atoms with Gasteiger partial charge in [-0.15, -0.1) is 0 Å². The van der Waals surface area contributed by atoms with Crippen LogP contribution in [-0.2, 0) is 4.79 Å². The van der Waals surface area contributed by atoms with Gasteiger partial charge in [-0.1, -0.05) is 36.4 Å². The zero-order valence-electron chi connectivity index (χ0n) is 14.6. The standard InChI is InChI=1S/C20H23N3O2/c1-14-8-6-9-15(2)18(14)22-19(24)17-12-7-13-23(17)20(25)21-16-10-4-3-5-11-16/h3-6,8-11,17H,7,12-13H2,1-2H3,(H,21,25)(H,22,24)/t17-/m0/s1. The largest absolute Gasteiger partial charge is 0.324 e. The van der Waals surface area contributed by atoms with E-state index in [9.17, 15) is 9.59 Å². The molecule has 5 nitrogen and oxygen atoms in total. The first kappa shape index (κ1) is 17.0. The SMILES string of the molecule is Cc1cccc(C)c1NC(=O)[C@@H]1CCCN1C(=O)Nc1ccccc1. The van der Waals surface area contributed by atoms with Crippen molar-refractivity contribution in [3.8, 4) is 0 Å². The van der Waals surface area contributed by atoms with Crippen molar-refractivity contribution in [3.63, 3.8) is 0 Å².